The second kappa shape index (κ2) is 12.6. The lowest BCUT2D eigenvalue weighted by Crippen LogP contribution is -2.38. The molecule has 0 unspecified atom stereocenters. The van der Waals surface area contributed by atoms with Crippen LogP contribution in [0.15, 0.2) is 53.3 Å². The predicted octanol–water partition coefficient (Wildman–Crippen LogP) is 3.18. The van der Waals surface area contributed by atoms with Crippen molar-refractivity contribution in [2.75, 3.05) is 14.2 Å². The van der Waals surface area contributed by atoms with E-state index < -0.39 is 23.4 Å². The van der Waals surface area contributed by atoms with Crippen LogP contribution in [0, 0.1) is 5.92 Å². The number of carbonyl (C=O) groups excluding carboxylic acids is 2. The number of nitrogens with one attached hydrogen (secondary N) is 2. The quantitative estimate of drug-likeness (QED) is 0.372. The number of methoxy groups -OCH3 is 2. The van der Waals surface area contributed by atoms with Gasteiger partial charge in [0.25, 0.3) is 5.56 Å². The summed E-state index contributed by atoms with van der Waals surface area (Å²) < 4.78 is 10.6. The molecule has 2 atom stereocenters. The summed E-state index contributed by atoms with van der Waals surface area (Å²) in [5, 5.41) is 10.9. The Morgan fingerprint density at radius 3 is 2.36 bits per heavy atom. The highest BCUT2D eigenvalue weighted by Crippen LogP contribution is 2.28. The van der Waals surface area contributed by atoms with E-state index >= 15 is 0 Å². The number of aromatic amines is 1. The number of Topliss-reactive ketones (excluding diaryl/α,β-unsaturated/α-hetero) is 1. The fourth-order valence-electron chi connectivity index (χ4n) is 3.98. The number of carbonyl (C=O) groups is 2. The van der Waals surface area contributed by atoms with Crippen LogP contribution < -0.4 is 20.3 Å². The van der Waals surface area contributed by atoms with Gasteiger partial charge >= 0.3 is 0 Å². The molecule has 1 heterocycles. The number of benzene rings is 2. The van der Waals surface area contributed by atoms with Gasteiger partial charge in [-0.3, -0.25) is 14.4 Å². The third kappa shape index (κ3) is 7.00. The summed E-state index contributed by atoms with van der Waals surface area (Å²) in [6, 6.07) is 14.6. The average molecular weight is 493 g/mol. The molecule has 0 spiro atoms. The summed E-state index contributed by atoms with van der Waals surface area (Å²) in [7, 11) is 3.11. The van der Waals surface area contributed by atoms with Crippen LogP contribution in [0.5, 0.6) is 11.5 Å². The van der Waals surface area contributed by atoms with E-state index in [9.17, 15) is 14.4 Å². The summed E-state index contributed by atoms with van der Waals surface area (Å²) in [6.07, 6.45) is 2.23. The molecule has 0 aliphatic heterocycles. The van der Waals surface area contributed by atoms with E-state index in [0.717, 1.165) is 17.5 Å². The normalized spacial score (nSPS) is 12.4. The van der Waals surface area contributed by atoms with Crippen LogP contribution in [-0.4, -0.2) is 41.1 Å². The van der Waals surface area contributed by atoms with E-state index in [1.165, 1.54) is 6.92 Å². The number of ketones is 1. The molecule has 190 valence electrons. The van der Waals surface area contributed by atoms with Gasteiger partial charge in [0.15, 0.2) is 11.5 Å². The number of amides is 1. The molecule has 0 saturated carbocycles. The van der Waals surface area contributed by atoms with Gasteiger partial charge in [-0.25, -0.2) is 0 Å². The maximum absolute atomic E-state index is 12.8. The van der Waals surface area contributed by atoms with E-state index in [2.05, 4.69) is 20.5 Å². The van der Waals surface area contributed by atoms with Crippen LogP contribution in [-0.2, 0) is 22.4 Å². The molecule has 1 aromatic heterocycles. The highest BCUT2D eigenvalue weighted by molar-refractivity contribution is 6.00. The van der Waals surface area contributed by atoms with Crippen LogP contribution in [0.4, 0.5) is 0 Å². The fourth-order valence-corrected chi connectivity index (χ4v) is 3.98. The first-order chi connectivity index (χ1) is 17.3. The molecule has 2 N–H and O–H groups in total. The van der Waals surface area contributed by atoms with Crippen molar-refractivity contribution in [1.29, 1.82) is 0 Å². The fraction of sp³-hybridized carbons (Fsp3) is 0.370. The molecular weight excluding hydrogens is 460 g/mol. The van der Waals surface area contributed by atoms with Gasteiger partial charge in [0, 0.05) is 6.42 Å². The number of rotatable bonds is 12. The molecule has 9 nitrogen and oxygen atoms in total. The maximum Gasteiger partial charge on any atom is 0.275 e. The molecule has 9 heteroatoms. The second-order valence-electron chi connectivity index (χ2n) is 8.62. The van der Waals surface area contributed by atoms with Gasteiger partial charge in [0.2, 0.25) is 5.91 Å². The molecule has 0 fully saturated rings. The Labute approximate surface area is 210 Å². The van der Waals surface area contributed by atoms with Crippen LogP contribution >= 0.6 is 0 Å². The van der Waals surface area contributed by atoms with Crippen LogP contribution in [0.1, 0.15) is 55.4 Å². The molecule has 0 aliphatic rings. The van der Waals surface area contributed by atoms with E-state index in [1.54, 1.807) is 33.3 Å². The predicted molar refractivity (Wildman–Crippen MR) is 135 cm³/mol. The molecule has 0 radical (unpaired) electrons. The first-order valence-corrected chi connectivity index (χ1v) is 11.8. The van der Waals surface area contributed by atoms with Gasteiger partial charge in [-0.15, -0.1) is 10.2 Å². The van der Waals surface area contributed by atoms with Gasteiger partial charge in [0.1, 0.15) is 17.3 Å². The minimum atomic E-state index is -0.785. The third-order valence-corrected chi connectivity index (χ3v) is 5.97. The molecule has 0 bridgehead atoms. The lowest BCUT2D eigenvalue weighted by molar-refractivity contribution is -0.133. The summed E-state index contributed by atoms with van der Waals surface area (Å²) in [5.41, 5.74) is 1.64. The van der Waals surface area contributed by atoms with Gasteiger partial charge in [-0.1, -0.05) is 36.4 Å². The van der Waals surface area contributed by atoms with Crippen LogP contribution in [0.2, 0.25) is 0 Å². The SMILES string of the molecule is COc1ccc(Cc2nnc([C@H](C)NC(=O)[C@@H](CCCc3ccccc3)C(C)=O)c(=O)[nH]2)cc1OC. The monoisotopic (exact) mass is 492 g/mol. The van der Waals surface area contributed by atoms with Crippen LogP contribution in [0.3, 0.4) is 0 Å². The van der Waals surface area contributed by atoms with Crippen molar-refractivity contribution >= 4 is 11.7 Å². The lowest BCUT2D eigenvalue weighted by atomic mass is 9.95. The number of aromatic nitrogens is 3. The minimum Gasteiger partial charge on any atom is -0.493 e. The summed E-state index contributed by atoms with van der Waals surface area (Å²) >= 11 is 0. The van der Waals surface area contributed by atoms with Gasteiger partial charge in [0.05, 0.1) is 26.2 Å². The standard InChI is InChI=1S/C27H32N4O5/c1-17(28-26(33)21(18(2)32)12-8-11-19-9-6-5-7-10-19)25-27(34)29-24(30-31-25)16-20-13-14-22(35-3)23(15-20)36-4/h5-7,9-10,13-15,17,21H,8,11-12,16H2,1-4H3,(H,28,33)(H,29,30,34)/t17-,21-/m0/s1. The zero-order chi connectivity index (χ0) is 26.1. The smallest absolute Gasteiger partial charge is 0.275 e. The number of ether oxygens (including phenoxy) is 2. The lowest BCUT2D eigenvalue weighted by Gasteiger charge is -2.18. The number of hydrogen-bond acceptors (Lipinski definition) is 7. The molecule has 2 aromatic carbocycles. The minimum absolute atomic E-state index is 0.0750. The molecule has 0 aliphatic carbocycles. The zero-order valence-corrected chi connectivity index (χ0v) is 21.0. The Hall–Kier alpha value is -4.01. The van der Waals surface area contributed by atoms with Gasteiger partial charge in [-0.2, -0.15) is 0 Å². The zero-order valence-electron chi connectivity index (χ0n) is 21.0. The topological polar surface area (TPSA) is 123 Å². The third-order valence-electron chi connectivity index (χ3n) is 5.97. The van der Waals surface area contributed by atoms with Gasteiger partial charge in [-0.05, 0) is 56.4 Å². The van der Waals surface area contributed by atoms with Crippen molar-refractivity contribution in [2.45, 2.75) is 45.6 Å². The van der Waals surface area contributed by atoms with Gasteiger partial charge < -0.3 is 19.8 Å². The van der Waals surface area contributed by atoms with E-state index in [-0.39, 0.29) is 11.5 Å². The number of aryl methyl sites for hydroxylation is 1. The Bertz CT molecular complexity index is 1240. The van der Waals surface area contributed by atoms with Crippen LogP contribution in [0.25, 0.3) is 0 Å². The van der Waals surface area contributed by atoms with Crippen molar-refractivity contribution in [3.63, 3.8) is 0 Å². The molecule has 3 aromatic rings. The maximum atomic E-state index is 12.8. The molecule has 3 rings (SSSR count). The number of H-pyrrole nitrogens is 1. The Balaban J connectivity index is 1.62. The first kappa shape index (κ1) is 26.6. The molecule has 0 saturated heterocycles. The Morgan fingerprint density at radius 2 is 1.72 bits per heavy atom. The summed E-state index contributed by atoms with van der Waals surface area (Å²) in [5.74, 6) is 0.132. The summed E-state index contributed by atoms with van der Waals surface area (Å²) in [4.78, 5) is 40.4. The number of nitrogens with zero attached hydrogens (tertiary/aromatic N) is 2. The molecular formula is C27H32N4O5. The van der Waals surface area contributed by atoms with Crippen molar-refractivity contribution in [2.24, 2.45) is 5.92 Å². The van der Waals surface area contributed by atoms with Crippen molar-refractivity contribution in [1.82, 2.24) is 20.5 Å². The van der Waals surface area contributed by atoms with E-state index in [0.29, 0.717) is 36.6 Å². The van der Waals surface area contributed by atoms with Crippen molar-refractivity contribution in [3.05, 3.63) is 81.5 Å². The van der Waals surface area contributed by atoms with E-state index in [1.807, 2.05) is 36.4 Å². The summed E-state index contributed by atoms with van der Waals surface area (Å²) in [6.45, 7) is 3.05. The molecule has 1 amide bonds. The van der Waals surface area contributed by atoms with Crippen molar-refractivity contribution < 1.29 is 19.1 Å². The second-order valence-corrected chi connectivity index (χ2v) is 8.62. The Kier molecular flexibility index (Phi) is 9.32. The number of hydrogen-bond donors (Lipinski definition) is 2. The molecule has 36 heavy (non-hydrogen) atoms. The average Bonchev–Trinajstić information content (AvgIpc) is 2.86. The van der Waals surface area contributed by atoms with E-state index in [4.69, 9.17) is 9.47 Å². The largest absolute Gasteiger partial charge is 0.493 e. The van der Waals surface area contributed by atoms with Crippen molar-refractivity contribution in [3.8, 4) is 11.5 Å². The first-order valence-electron chi connectivity index (χ1n) is 11.8. The Morgan fingerprint density at radius 1 is 1.00 bits per heavy atom. The highest BCUT2D eigenvalue weighted by atomic mass is 16.5. The highest BCUT2D eigenvalue weighted by Gasteiger charge is 2.26.